The highest BCUT2D eigenvalue weighted by Gasteiger charge is 2.17. The van der Waals surface area contributed by atoms with Crippen molar-refractivity contribution in [2.75, 3.05) is 6.54 Å². The SMILES string of the molecule is CCCNC(c1cc(F)cc(F)c1)c1ccc(F)cc1C. The minimum absolute atomic E-state index is 0.323. The predicted octanol–water partition coefficient (Wildman–Crippen LogP) is 4.50. The predicted molar refractivity (Wildman–Crippen MR) is 77.6 cm³/mol. The summed E-state index contributed by atoms with van der Waals surface area (Å²) in [6.45, 7) is 4.49. The van der Waals surface area contributed by atoms with Gasteiger partial charge in [-0.25, -0.2) is 13.2 Å². The zero-order chi connectivity index (χ0) is 15.4. The van der Waals surface area contributed by atoms with E-state index in [4.69, 9.17) is 0 Å². The minimum Gasteiger partial charge on any atom is -0.306 e. The number of nitrogens with one attached hydrogen (secondary N) is 1. The van der Waals surface area contributed by atoms with Crippen LogP contribution in [0.4, 0.5) is 13.2 Å². The molecule has 2 aromatic carbocycles. The van der Waals surface area contributed by atoms with Crippen LogP contribution in [0.1, 0.15) is 36.1 Å². The quantitative estimate of drug-likeness (QED) is 0.855. The molecule has 0 amide bonds. The van der Waals surface area contributed by atoms with E-state index in [1.165, 1.54) is 24.3 Å². The second kappa shape index (κ2) is 6.76. The lowest BCUT2D eigenvalue weighted by Crippen LogP contribution is -2.24. The van der Waals surface area contributed by atoms with Crippen LogP contribution in [0.3, 0.4) is 0 Å². The van der Waals surface area contributed by atoms with Crippen LogP contribution in [0.2, 0.25) is 0 Å². The zero-order valence-corrected chi connectivity index (χ0v) is 12.1. The molecule has 0 spiro atoms. The monoisotopic (exact) mass is 293 g/mol. The lowest BCUT2D eigenvalue weighted by molar-refractivity contribution is 0.556. The molecule has 0 aliphatic rings. The van der Waals surface area contributed by atoms with Crippen LogP contribution in [0.25, 0.3) is 0 Å². The van der Waals surface area contributed by atoms with Crippen molar-refractivity contribution in [1.82, 2.24) is 5.32 Å². The van der Waals surface area contributed by atoms with E-state index in [1.54, 1.807) is 13.0 Å². The first-order valence-electron chi connectivity index (χ1n) is 6.96. The van der Waals surface area contributed by atoms with E-state index in [0.717, 1.165) is 23.6 Å². The summed E-state index contributed by atoms with van der Waals surface area (Å²) in [7, 11) is 0. The molecule has 2 rings (SSSR count). The highest BCUT2D eigenvalue weighted by atomic mass is 19.1. The van der Waals surface area contributed by atoms with Crippen molar-refractivity contribution < 1.29 is 13.2 Å². The van der Waals surface area contributed by atoms with Crippen LogP contribution in [0, 0.1) is 24.4 Å². The van der Waals surface area contributed by atoms with Crippen LogP contribution in [-0.4, -0.2) is 6.54 Å². The van der Waals surface area contributed by atoms with E-state index in [9.17, 15) is 13.2 Å². The summed E-state index contributed by atoms with van der Waals surface area (Å²) in [6.07, 6.45) is 0.883. The van der Waals surface area contributed by atoms with E-state index in [1.807, 2.05) is 6.92 Å². The van der Waals surface area contributed by atoms with Gasteiger partial charge in [-0.1, -0.05) is 13.0 Å². The summed E-state index contributed by atoms with van der Waals surface area (Å²) in [6, 6.07) is 7.53. The Hall–Kier alpha value is -1.81. The fourth-order valence-electron chi connectivity index (χ4n) is 2.40. The van der Waals surface area contributed by atoms with Gasteiger partial charge in [0.05, 0.1) is 6.04 Å². The average molecular weight is 293 g/mol. The summed E-state index contributed by atoms with van der Waals surface area (Å²) in [5.74, 6) is -1.56. The average Bonchev–Trinajstić information content (AvgIpc) is 2.40. The van der Waals surface area contributed by atoms with Crippen molar-refractivity contribution in [3.8, 4) is 0 Å². The second-order valence-corrected chi connectivity index (χ2v) is 5.09. The lowest BCUT2D eigenvalue weighted by Gasteiger charge is -2.21. The molecular formula is C17H18F3N. The third-order valence-electron chi connectivity index (χ3n) is 3.36. The molecule has 0 aromatic heterocycles. The number of aryl methyl sites for hydroxylation is 1. The van der Waals surface area contributed by atoms with Crippen molar-refractivity contribution in [1.29, 1.82) is 0 Å². The zero-order valence-electron chi connectivity index (χ0n) is 12.1. The van der Waals surface area contributed by atoms with Gasteiger partial charge in [0.2, 0.25) is 0 Å². The molecule has 0 saturated heterocycles. The molecule has 0 fully saturated rings. The Bertz CT molecular complexity index is 605. The number of hydrogen-bond donors (Lipinski definition) is 1. The normalized spacial score (nSPS) is 12.4. The molecule has 0 heterocycles. The van der Waals surface area contributed by atoms with E-state index in [-0.39, 0.29) is 11.9 Å². The Kier molecular flexibility index (Phi) is 5.02. The van der Waals surface area contributed by atoms with Gasteiger partial charge in [0.1, 0.15) is 17.5 Å². The molecule has 1 N–H and O–H groups in total. The van der Waals surface area contributed by atoms with Gasteiger partial charge in [-0.15, -0.1) is 0 Å². The smallest absolute Gasteiger partial charge is 0.126 e. The maximum atomic E-state index is 13.5. The van der Waals surface area contributed by atoms with Crippen molar-refractivity contribution in [2.24, 2.45) is 0 Å². The van der Waals surface area contributed by atoms with Gasteiger partial charge in [-0.3, -0.25) is 0 Å². The molecule has 4 heteroatoms. The number of rotatable bonds is 5. The van der Waals surface area contributed by atoms with Gasteiger partial charge in [0.15, 0.2) is 0 Å². The van der Waals surface area contributed by atoms with Crippen LogP contribution in [0.5, 0.6) is 0 Å². The topological polar surface area (TPSA) is 12.0 Å². The standard InChI is InChI=1S/C17H18F3N/c1-3-6-21-17(12-8-14(19)10-15(20)9-12)16-5-4-13(18)7-11(16)2/h4-5,7-10,17,21H,3,6H2,1-2H3. The maximum absolute atomic E-state index is 13.5. The molecule has 0 aliphatic heterocycles. The molecule has 2 aromatic rings. The molecule has 112 valence electrons. The highest BCUT2D eigenvalue weighted by molar-refractivity contribution is 5.37. The van der Waals surface area contributed by atoms with Crippen LogP contribution < -0.4 is 5.32 Å². The number of halogens is 3. The summed E-state index contributed by atoms with van der Waals surface area (Å²) in [4.78, 5) is 0. The van der Waals surface area contributed by atoms with Gasteiger partial charge < -0.3 is 5.32 Å². The van der Waals surface area contributed by atoms with Gasteiger partial charge in [0, 0.05) is 6.07 Å². The Balaban J connectivity index is 2.46. The largest absolute Gasteiger partial charge is 0.306 e. The number of hydrogen-bond acceptors (Lipinski definition) is 1. The van der Waals surface area contributed by atoms with E-state index in [0.29, 0.717) is 12.1 Å². The Labute approximate surface area is 122 Å². The van der Waals surface area contributed by atoms with E-state index in [2.05, 4.69) is 5.32 Å². The van der Waals surface area contributed by atoms with Crippen molar-refractivity contribution in [2.45, 2.75) is 26.3 Å². The fourth-order valence-corrected chi connectivity index (χ4v) is 2.40. The van der Waals surface area contributed by atoms with Crippen LogP contribution in [-0.2, 0) is 0 Å². The first kappa shape index (κ1) is 15.6. The van der Waals surface area contributed by atoms with Crippen molar-refractivity contribution in [3.63, 3.8) is 0 Å². The summed E-state index contributed by atoms with van der Waals surface area (Å²) in [5.41, 5.74) is 2.05. The third-order valence-corrected chi connectivity index (χ3v) is 3.36. The van der Waals surface area contributed by atoms with Crippen LogP contribution >= 0.6 is 0 Å². The Morgan fingerprint density at radius 3 is 2.19 bits per heavy atom. The molecule has 1 atom stereocenters. The molecule has 0 radical (unpaired) electrons. The first-order valence-corrected chi connectivity index (χ1v) is 6.96. The maximum Gasteiger partial charge on any atom is 0.126 e. The second-order valence-electron chi connectivity index (χ2n) is 5.09. The lowest BCUT2D eigenvalue weighted by atomic mass is 9.94. The summed E-state index contributed by atoms with van der Waals surface area (Å²) >= 11 is 0. The van der Waals surface area contributed by atoms with Gasteiger partial charge in [-0.2, -0.15) is 0 Å². The number of benzene rings is 2. The van der Waals surface area contributed by atoms with Crippen molar-refractivity contribution >= 4 is 0 Å². The van der Waals surface area contributed by atoms with E-state index >= 15 is 0 Å². The highest BCUT2D eigenvalue weighted by Crippen LogP contribution is 2.26. The van der Waals surface area contributed by atoms with Gasteiger partial charge in [0.25, 0.3) is 0 Å². The Morgan fingerprint density at radius 1 is 0.952 bits per heavy atom. The molecule has 0 saturated carbocycles. The molecule has 0 aliphatic carbocycles. The first-order chi connectivity index (χ1) is 10.0. The van der Waals surface area contributed by atoms with Gasteiger partial charge in [-0.05, 0) is 60.8 Å². The molecule has 21 heavy (non-hydrogen) atoms. The molecular weight excluding hydrogens is 275 g/mol. The van der Waals surface area contributed by atoms with Crippen molar-refractivity contribution in [3.05, 3.63) is 70.5 Å². The Morgan fingerprint density at radius 2 is 1.62 bits per heavy atom. The summed E-state index contributed by atoms with van der Waals surface area (Å²) in [5, 5.41) is 3.26. The minimum atomic E-state index is -0.618. The molecule has 0 bridgehead atoms. The molecule has 1 unspecified atom stereocenters. The van der Waals surface area contributed by atoms with Crippen LogP contribution in [0.15, 0.2) is 36.4 Å². The third kappa shape index (κ3) is 3.85. The fraction of sp³-hybridized carbons (Fsp3) is 0.294. The van der Waals surface area contributed by atoms with Gasteiger partial charge >= 0.3 is 0 Å². The summed E-state index contributed by atoms with van der Waals surface area (Å²) < 4.78 is 40.2. The molecule has 1 nitrogen and oxygen atoms in total. The van der Waals surface area contributed by atoms with E-state index < -0.39 is 11.6 Å².